The molecular weight excluding hydrogens is 368 g/mol. The van der Waals surface area contributed by atoms with Gasteiger partial charge >= 0.3 is 0 Å². The van der Waals surface area contributed by atoms with E-state index in [1.54, 1.807) is 31.4 Å². The van der Waals surface area contributed by atoms with Crippen LogP contribution in [0, 0.1) is 0 Å². The van der Waals surface area contributed by atoms with Gasteiger partial charge in [0.15, 0.2) is 11.5 Å². The summed E-state index contributed by atoms with van der Waals surface area (Å²) in [5, 5.41) is 5.38. The normalized spacial score (nSPS) is 10.4. The molecule has 0 aliphatic heterocycles. The van der Waals surface area contributed by atoms with Crippen LogP contribution in [0.4, 0.5) is 5.69 Å². The Morgan fingerprint density at radius 3 is 2.65 bits per heavy atom. The number of hydrogen-bond acceptors (Lipinski definition) is 6. The topological polar surface area (TPSA) is 60.5 Å². The van der Waals surface area contributed by atoms with Gasteiger partial charge in [0.05, 0.1) is 14.2 Å². The molecule has 1 N–H and O–H groups in total. The third-order valence-electron chi connectivity index (χ3n) is 3.69. The molecule has 2 aromatic carbocycles. The molecule has 0 saturated carbocycles. The number of rotatable bonds is 6. The van der Waals surface area contributed by atoms with Gasteiger partial charge in [-0.15, -0.1) is 23.1 Å². The number of carbonyl (C=O) groups excluding carboxylic acids is 1. The highest BCUT2D eigenvalue weighted by atomic mass is 32.2. The quantitative estimate of drug-likeness (QED) is 0.617. The number of benzene rings is 2. The highest BCUT2D eigenvalue weighted by Crippen LogP contribution is 2.33. The molecule has 0 bridgehead atoms. The molecule has 0 aliphatic rings. The van der Waals surface area contributed by atoms with Crippen molar-refractivity contribution in [2.45, 2.75) is 4.90 Å². The van der Waals surface area contributed by atoms with E-state index < -0.39 is 0 Å². The number of ether oxygens (including phenoxy) is 2. The van der Waals surface area contributed by atoms with E-state index in [0.717, 1.165) is 21.2 Å². The largest absolute Gasteiger partial charge is 0.493 e. The number of aromatic nitrogens is 1. The smallest absolute Gasteiger partial charge is 0.275 e. The van der Waals surface area contributed by atoms with E-state index in [9.17, 15) is 4.79 Å². The first-order valence-corrected chi connectivity index (χ1v) is 9.88. The molecule has 0 atom stereocenters. The molecule has 3 aromatic rings. The van der Waals surface area contributed by atoms with Crippen molar-refractivity contribution >= 4 is 34.7 Å². The summed E-state index contributed by atoms with van der Waals surface area (Å²) in [5.41, 5.74) is 2.01. The standard InChI is InChI=1S/C19H18N2O3S2/c1-23-16-8-7-12(9-17(16)24-2)19-21-15(11-26-19)18(22)20-13-5-4-6-14(10-13)25-3/h4-11H,1-3H3,(H,20,22). The lowest BCUT2D eigenvalue weighted by Gasteiger charge is -2.08. The van der Waals surface area contributed by atoms with Crippen molar-refractivity contribution in [3.63, 3.8) is 0 Å². The summed E-state index contributed by atoms with van der Waals surface area (Å²) in [5.74, 6) is 1.05. The van der Waals surface area contributed by atoms with E-state index in [4.69, 9.17) is 9.47 Å². The average Bonchev–Trinajstić information content (AvgIpc) is 3.18. The lowest BCUT2D eigenvalue weighted by atomic mass is 10.2. The van der Waals surface area contributed by atoms with Crippen LogP contribution in [0.5, 0.6) is 11.5 Å². The highest BCUT2D eigenvalue weighted by molar-refractivity contribution is 7.98. The Balaban J connectivity index is 1.79. The number of anilines is 1. The third kappa shape index (κ3) is 4.00. The van der Waals surface area contributed by atoms with Crippen molar-refractivity contribution in [2.24, 2.45) is 0 Å². The molecule has 0 aliphatic carbocycles. The number of hydrogen-bond donors (Lipinski definition) is 1. The van der Waals surface area contributed by atoms with Crippen LogP contribution in [0.2, 0.25) is 0 Å². The number of thioether (sulfide) groups is 1. The van der Waals surface area contributed by atoms with Gasteiger partial charge in [0, 0.05) is 21.5 Å². The zero-order chi connectivity index (χ0) is 18.5. The van der Waals surface area contributed by atoms with Crippen LogP contribution in [0.15, 0.2) is 52.7 Å². The predicted molar refractivity (Wildman–Crippen MR) is 107 cm³/mol. The predicted octanol–water partition coefficient (Wildman–Crippen LogP) is 4.80. The molecule has 5 nitrogen and oxygen atoms in total. The van der Waals surface area contributed by atoms with Crippen LogP contribution < -0.4 is 14.8 Å². The summed E-state index contributed by atoms with van der Waals surface area (Å²) in [6.07, 6.45) is 2.00. The van der Waals surface area contributed by atoms with E-state index in [2.05, 4.69) is 10.3 Å². The molecule has 1 amide bonds. The Labute approximate surface area is 160 Å². The first kappa shape index (κ1) is 18.3. The van der Waals surface area contributed by atoms with Crippen LogP contribution >= 0.6 is 23.1 Å². The molecule has 7 heteroatoms. The van der Waals surface area contributed by atoms with Crippen LogP contribution in [0.25, 0.3) is 10.6 Å². The van der Waals surface area contributed by atoms with Crippen LogP contribution in [-0.4, -0.2) is 31.4 Å². The number of amides is 1. The minimum atomic E-state index is -0.230. The summed E-state index contributed by atoms with van der Waals surface area (Å²) < 4.78 is 10.6. The molecule has 1 heterocycles. The third-order valence-corrected chi connectivity index (χ3v) is 5.31. The summed E-state index contributed by atoms with van der Waals surface area (Å²) >= 11 is 3.04. The Morgan fingerprint density at radius 1 is 1.12 bits per heavy atom. The van der Waals surface area contributed by atoms with Gasteiger partial charge in [0.25, 0.3) is 5.91 Å². The average molecular weight is 386 g/mol. The minimum absolute atomic E-state index is 0.230. The maximum Gasteiger partial charge on any atom is 0.275 e. The summed E-state index contributed by atoms with van der Waals surface area (Å²) in [4.78, 5) is 18.0. The van der Waals surface area contributed by atoms with Crippen molar-refractivity contribution in [1.82, 2.24) is 4.98 Å². The zero-order valence-corrected chi connectivity index (χ0v) is 16.2. The van der Waals surface area contributed by atoms with Crippen LogP contribution in [0.1, 0.15) is 10.5 Å². The first-order valence-electron chi connectivity index (χ1n) is 7.78. The van der Waals surface area contributed by atoms with Gasteiger partial charge in [-0.25, -0.2) is 4.98 Å². The Hall–Kier alpha value is -2.51. The number of thiazole rings is 1. The maximum absolute atomic E-state index is 12.5. The number of nitrogens with zero attached hydrogens (tertiary/aromatic N) is 1. The van der Waals surface area contributed by atoms with Crippen molar-refractivity contribution < 1.29 is 14.3 Å². The van der Waals surface area contributed by atoms with Crippen LogP contribution in [-0.2, 0) is 0 Å². The van der Waals surface area contributed by atoms with Crippen molar-refractivity contribution in [3.8, 4) is 22.1 Å². The van der Waals surface area contributed by atoms with Crippen LogP contribution in [0.3, 0.4) is 0 Å². The van der Waals surface area contributed by atoms with Crippen molar-refractivity contribution in [3.05, 3.63) is 53.5 Å². The Morgan fingerprint density at radius 2 is 1.92 bits per heavy atom. The summed E-state index contributed by atoms with van der Waals surface area (Å²) in [6, 6.07) is 13.3. The van der Waals surface area contributed by atoms with Gasteiger partial charge in [-0.2, -0.15) is 0 Å². The molecule has 0 radical (unpaired) electrons. The van der Waals surface area contributed by atoms with Crippen molar-refractivity contribution in [1.29, 1.82) is 0 Å². The Bertz CT molecular complexity index is 925. The maximum atomic E-state index is 12.5. The fraction of sp³-hybridized carbons (Fsp3) is 0.158. The molecule has 0 unspecified atom stereocenters. The summed E-state index contributed by atoms with van der Waals surface area (Å²) in [6.45, 7) is 0. The highest BCUT2D eigenvalue weighted by Gasteiger charge is 2.14. The van der Waals surface area contributed by atoms with E-state index >= 15 is 0 Å². The SMILES string of the molecule is COc1ccc(-c2nc(C(=O)Nc3cccc(SC)c3)cs2)cc1OC. The molecule has 1 aromatic heterocycles. The van der Waals surface area contributed by atoms with Gasteiger partial charge in [0.1, 0.15) is 10.7 Å². The summed E-state index contributed by atoms with van der Waals surface area (Å²) in [7, 11) is 3.18. The van der Waals surface area contributed by atoms with E-state index in [1.165, 1.54) is 11.3 Å². The van der Waals surface area contributed by atoms with Gasteiger partial charge in [-0.3, -0.25) is 4.79 Å². The van der Waals surface area contributed by atoms with E-state index in [0.29, 0.717) is 17.2 Å². The fourth-order valence-corrected chi connectivity index (χ4v) is 3.63. The van der Waals surface area contributed by atoms with Gasteiger partial charge in [0.2, 0.25) is 0 Å². The monoisotopic (exact) mass is 386 g/mol. The minimum Gasteiger partial charge on any atom is -0.493 e. The Kier molecular flexibility index (Phi) is 5.80. The van der Waals surface area contributed by atoms with Gasteiger partial charge in [-0.05, 0) is 42.7 Å². The molecule has 3 rings (SSSR count). The lowest BCUT2D eigenvalue weighted by molar-refractivity contribution is 0.102. The van der Waals surface area contributed by atoms with Crippen molar-refractivity contribution in [2.75, 3.05) is 25.8 Å². The molecule has 26 heavy (non-hydrogen) atoms. The molecule has 0 spiro atoms. The second-order valence-electron chi connectivity index (χ2n) is 5.29. The molecule has 0 saturated heterocycles. The second-order valence-corrected chi connectivity index (χ2v) is 7.03. The molecular formula is C19H18N2O3S2. The lowest BCUT2D eigenvalue weighted by Crippen LogP contribution is -2.12. The number of nitrogens with one attached hydrogen (secondary N) is 1. The second kappa shape index (κ2) is 8.25. The fourth-order valence-electron chi connectivity index (χ4n) is 2.38. The molecule has 0 fully saturated rings. The van der Waals surface area contributed by atoms with E-state index in [-0.39, 0.29) is 5.91 Å². The molecule has 134 valence electrons. The number of carbonyl (C=O) groups is 1. The van der Waals surface area contributed by atoms with Gasteiger partial charge in [-0.1, -0.05) is 6.07 Å². The number of methoxy groups -OCH3 is 2. The first-order chi connectivity index (χ1) is 12.6. The zero-order valence-electron chi connectivity index (χ0n) is 14.6. The van der Waals surface area contributed by atoms with Gasteiger partial charge < -0.3 is 14.8 Å². The van der Waals surface area contributed by atoms with E-state index in [1.807, 2.05) is 48.7 Å².